The molecule has 40 nitrogen and oxygen atoms in total. The Balaban J connectivity index is 1.48. The number of aliphatic hydroxyl groups is 9. The second kappa shape index (κ2) is 58.6. The van der Waals surface area contributed by atoms with E-state index in [1.807, 2.05) is 0 Å². The van der Waals surface area contributed by atoms with E-state index in [-0.39, 0.29) is 169 Å². The highest BCUT2D eigenvalue weighted by molar-refractivity contribution is 5.92. The van der Waals surface area contributed by atoms with Crippen LogP contribution in [0.2, 0.25) is 0 Å². The molecule has 0 radical (unpaired) electrons. The first-order valence-corrected chi connectivity index (χ1v) is 37.9. The van der Waals surface area contributed by atoms with E-state index < -0.39 is 172 Å². The van der Waals surface area contributed by atoms with Gasteiger partial charge in [0.1, 0.15) is 105 Å². The molecule has 3 aliphatic rings. The summed E-state index contributed by atoms with van der Waals surface area (Å²) in [6.07, 6.45) is -9.08. The summed E-state index contributed by atoms with van der Waals surface area (Å²) < 4.78 is 83.1. The molecule has 0 saturated carbocycles. The van der Waals surface area contributed by atoms with Gasteiger partial charge in [-0.3, -0.25) is 38.4 Å². The van der Waals surface area contributed by atoms with Crippen molar-refractivity contribution in [3.63, 3.8) is 0 Å². The Morgan fingerprint density at radius 2 is 0.636 bits per heavy atom. The molecule has 0 aromatic rings. The zero-order chi connectivity index (χ0) is 81.1. The molecule has 3 saturated heterocycles. The molecule has 0 aromatic carbocycles. The molecule has 17 N–H and O–H groups in total. The van der Waals surface area contributed by atoms with Crippen molar-refractivity contribution in [3.05, 3.63) is 0 Å². The van der Waals surface area contributed by atoms with Crippen LogP contribution in [0.5, 0.6) is 0 Å². The Kier molecular flexibility index (Phi) is 52.8. The summed E-state index contributed by atoms with van der Waals surface area (Å²) in [6, 6.07) is -5.44. The third-order valence-electron chi connectivity index (χ3n) is 17.1. The fraction of sp³-hybridized carbons (Fsp3) is 0.886. The first-order valence-electron chi connectivity index (χ1n) is 37.9. The number of hydrogen-bond donors (Lipinski definition) is 17. The van der Waals surface area contributed by atoms with Crippen LogP contribution in [0, 0.1) is 5.41 Å². The summed E-state index contributed by atoms with van der Waals surface area (Å²) in [5.74, 6) is -3.96. The maximum Gasteiger partial charge on any atom is 0.246 e. The molecule has 0 spiro atoms. The monoisotopic (exact) mass is 1590 g/mol. The highest BCUT2D eigenvalue weighted by atomic mass is 16.7. The summed E-state index contributed by atoms with van der Waals surface area (Å²) in [5, 5.41) is 112. The standard InChI is InChI=1S/C70H128N8O32/c1-45(82)74-56-62(91)59(88)50(39-79)108-67(56)105-36-33-99-24-21-96-27-30-102-42-53(85)71-18-13-9-15-48(65(94)73-20-12-8-7-11-17-70(4,5)6)78-66(95)49(77-55(87)44-104-32-29-98-23-26-101-35-38-107-69-58(76-47(3)84)64(93)61(90)52(41-81)110-69)16-10-14-19-72-54(86)43-103-31-28-97-22-25-100-34-37-106-68-57(75-46(2)83)63(92)60(89)51(40-80)109-68/h48-52,56-64,67-69,79-81,88-93H,7-44H2,1-6H3,(H,71,85)(H,72,86)(H,73,94)(H,74,82)(H,75,83)(H,76,84)(H,77,87)(H,78,95)/t48-,49-,50+,51+,52+,56+,57+,58+,59-,60-,61-,62+,63+,64+,67+,68+,69+/m0/s1. The van der Waals surface area contributed by atoms with Crippen LogP contribution in [0.1, 0.15) is 112 Å². The number of nitrogens with one attached hydrogen (secondary N) is 8. The summed E-state index contributed by atoms with van der Waals surface area (Å²) in [5.41, 5.74) is 0.200. The van der Waals surface area contributed by atoms with Crippen LogP contribution >= 0.6 is 0 Å². The van der Waals surface area contributed by atoms with Crippen molar-refractivity contribution < 1.29 is 155 Å². The fourth-order valence-electron chi connectivity index (χ4n) is 11.3. The van der Waals surface area contributed by atoms with Crippen LogP contribution in [0.4, 0.5) is 0 Å². The van der Waals surface area contributed by atoms with E-state index in [0.717, 1.165) is 25.7 Å². The maximum absolute atomic E-state index is 14.2. The lowest BCUT2D eigenvalue weighted by molar-refractivity contribution is -0.272. The van der Waals surface area contributed by atoms with E-state index in [1.165, 1.54) is 20.8 Å². The lowest BCUT2D eigenvalue weighted by Crippen LogP contribution is -2.64. The van der Waals surface area contributed by atoms with E-state index >= 15 is 0 Å². The lowest BCUT2D eigenvalue weighted by atomic mass is 9.89. The second-order valence-electron chi connectivity index (χ2n) is 27.6. The number of amides is 8. The van der Waals surface area contributed by atoms with Crippen molar-refractivity contribution in [2.75, 3.05) is 178 Å². The minimum Gasteiger partial charge on any atom is -0.394 e. The van der Waals surface area contributed by atoms with Gasteiger partial charge in [-0.05, 0) is 56.8 Å². The number of unbranched alkanes of at least 4 members (excludes halogenated alkanes) is 5. The van der Waals surface area contributed by atoms with E-state index in [2.05, 4.69) is 63.3 Å². The van der Waals surface area contributed by atoms with Gasteiger partial charge in [0, 0.05) is 40.4 Å². The molecule has 3 rings (SSSR count). The van der Waals surface area contributed by atoms with Crippen LogP contribution in [0.15, 0.2) is 0 Å². The van der Waals surface area contributed by atoms with Gasteiger partial charge in [0.05, 0.1) is 139 Å². The molecule has 17 atom stereocenters. The lowest BCUT2D eigenvalue weighted by Gasteiger charge is -2.42. The zero-order valence-electron chi connectivity index (χ0n) is 64.6. The van der Waals surface area contributed by atoms with Crippen molar-refractivity contribution >= 4 is 47.3 Å². The van der Waals surface area contributed by atoms with Gasteiger partial charge in [-0.1, -0.05) is 40.0 Å². The summed E-state index contributed by atoms with van der Waals surface area (Å²) >= 11 is 0. The molecule has 110 heavy (non-hydrogen) atoms. The van der Waals surface area contributed by atoms with Gasteiger partial charge in [0.2, 0.25) is 47.3 Å². The van der Waals surface area contributed by atoms with E-state index in [0.29, 0.717) is 38.6 Å². The van der Waals surface area contributed by atoms with Crippen LogP contribution in [0.25, 0.3) is 0 Å². The Bertz CT molecular complexity index is 2540. The van der Waals surface area contributed by atoms with Gasteiger partial charge in [-0.25, -0.2) is 0 Å². The average Bonchev–Trinajstić information content (AvgIpc) is 0.823. The second-order valence-corrected chi connectivity index (χ2v) is 27.6. The SMILES string of the molecule is CC(=O)N[C@H]1[C@H](OCCOCCOCCOCC(=O)NCCCC[C@H](NC(=O)COCCOCCOCCO[C@@H]2O[C@H](CO)[C@H](O)[C@H](O)[C@H]2NC(C)=O)C(=O)N[C@@H](CCCCNC(=O)COCCOCCOCCO[C@@H]2O[C@H](CO)[C@H](O)[C@H](O)[C@H]2NC(C)=O)C(=O)NCCCCCCC(C)(C)C)O[C@H](CO)[C@H](O)[C@@H]1O. The van der Waals surface area contributed by atoms with Gasteiger partial charge in [-0.15, -0.1) is 0 Å². The van der Waals surface area contributed by atoms with Gasteiger partial charge in [0.15, 0.2) is 18.9 Å². The summed E-state index contributed by atoms with van der Waals surface area (Å²) in [6.45, 7) is 9.92. The minimum absolute atomic E-state index is 0.00808. The topological polar surface area (TPSA) is 553 Å². The predicted molar refractivity (Wildman–Crippen MR) is 384 cm³/mol. The van der Waals surface area contributed by atoms with Crippen LogP contribution in [-0.2, 0) is 109 Å². The fourth-order valence-corrected chi connectivity index (χ4v) is 11.3. The van der Waals surface area contributed by atoms with Gasteiger partial charge >= 0.3 is 0 Å². The molecule has 640 valence electrons. The first kappa shape index (κ1) is 99.0. The van der Waals surface area contributed by atoms with Crippen LogP contribution < -0.4 is 42.5 Å². The van der Waals surface area contributed by atoms with Gasteiger partial charge in [0.25, 0.3) is 0 Å². The summed E-state index contributed by atoms with van der Waals surface area (Å²) in [7, 11) is 0. The smallest absolute Gasteiger partial charge is 0.246 e. The average molecular weight is 1590 g/mol. The first-order chi connectivity index (χ1) is 52.7. The normalized spacial score (nSPS) is 24.7. The van der Waals surface area contributed by atoms with Crippen molar-refractivity contribution in [1.29, 1.82) is 0 Å². The molecule has 0 unspecified atom stereocenters. The molecule has 3 fully saturated rings. The Hall–Kier alpha value is -5.20. The van der Waals surface area contributed by atoms with E-state index in [4.69, 9.17) is 71.1 Å². The number of aliphatic hydroxyl groups excluding tert-OH is 9. The molecule has 0 aromatic heterocycles. The van der Waals surface area contributed by atoms with Crippen LogP contribution in [0.3, 0.4) is 0 Å². The maximum atomic E-state index is 14.2. The summed E-state index contributed by atoms with van der Waals surface area (Å²) in [4.78, 5) is 102. The Labute approximate surface area is 642 Å². The molecule has 40 heteroatoms. The number of carbonyl (C=O) groups excluding carboxylic acids is 8. The quantitative estimate of drug-likeness (QED) is 0.0252. The molecule has 8 amide bonds. The van der Waals surface area contributed by atoms with E-state index in [1.54, 1.807) is 0 Å². The molecular formula is C70H128N8O32. The molecule has 0 aliphatic carbocycles. The number of hydrogen-bond acceptors (Lipinski definition) is 32. The third-order valence-corrected chi connectivity index (χ3v) is 17.1. The van der Waals surface area contributed by atoms with Crippen molar-refractivity contribution in [2.45, 2.75) is 216 Å². The van der Waals surface area contributed by atoms with Crippen molar-refractivity contribution in [3.8, 4) is 0 Å². The van der Waals surface area contributed by atoms with E-state index in [9.17, 15) is 84.3 Å². The van der Waals surface area contributed by atoms with Crippen molar-refractivity contribution in [1.82, 2.24) is 42.5 Å². The number of rotatable bonds is 62. The van der Waals surface area contributed by atoms with Crippen LogP contribution in [-0.4, -0.2) is 375 Å². The molecule has 3 aliphatic heterocycles. The highest BCUT2D eigenvalue weighted by Crippen LogP contribution is 2.26. The highest BCUT2D eigenvalue weighted by Gasteiger charge is 2.48. The Morgan fingerprint density at radius 3 is 0.964 bits per heavy atom. The molecular weight excluding hydrogens is 1460 g/mol. The predicted octanol–water partition coefficient (Wildman–Crippen LogP) is -6.33. The molecule has 0 bridgehead atoms. The zero-order valence-corrected chi connectivity index (χ0v) is 64.6. The minimum atomic E-state index is -1.47. The molecule has 3 heterocycles. The largest absolute Gasteiger partial charge is 0.394 e. The number of carbonyl (C=O) groups is 8. The Morgan fingerprint density at radius 1 is 0.345 bits per heavy atom. The van der Waals surface area contributed by atoms with Gasteiger partial charge < -0.3 is 160 Å². The third kappa shape index (κ3) is 42.8. The van der Waals surface area contributed by atoms with Gasteiger partial charge in [-0.2, -0.15) is 0 Å². The number of ether oxygens (including phenoxy) is 15. The van der Waals surface area contributed by atoms with Crippen molar-refractivity contribution in [2.24, 2.45) is 5.41 Å².